The van der Waals surface area contributed by atoms with Crippen LogP contribution in [0.3, 0.4) is 0 Å². The van der Waals surface area contributed by atoms with E-state index in [4.69, 9.17) is 10.4 Å². The maximum Gasteiger partial charge on any atom is 0.0700 e. The Morgan fingerprint density at radius 3 is 2.69 bits per heavy atom. The van der Waals surface area contributed by atoms with Crippen molar-refractivity contribution in [3.63, 3.8) is 0 Å². The lowest BCUT2D eigenvalue weighted by atomic mass is 9.98. The number of benzene rings is 1. The van der Waals surface area contributed by atoms with Crippen LogP contribution < -0.4 is 0 Å². The summed E-state index contributed by atoms with van der Waals surface area (Å²) in [5.74, 6) is -0.0774. The first kappa shape index (κ1) is 9.76. The Hall–Kier alpha value is -1.33. The number of rotatable bonds is 2. The Kier molecular flexibility index (Phi) is 3.05. The van der Waals surface area contributed by atoms with Crippen LogP contribution in [0.15, 0.2) is 18.2 Å². The zero-order chi connectivity index (χ0) is 9.84. The van der Waals surface area contributed by atoms with E-state index in [1.165, 1.54) is 0 Å². The van der Waals surface area contributed by atoms with Crippen LogP contribution in [-0.4, -0.2) is 5.11 Å². The van der Waals surface area contributed by atoms with Crippen molar-refractivity contribution in [2.75, 3.05) is 0 Å². The Morgan fingerprint density at radius 2 is 2.23 bits per heavy atom. The summed E-state index contributed by atoms with van der Waals surface area (Å²) >= 11 is 0. The summed E-state index contributed by atoms with van der Waals surface area (Å²) in [6, 6.07) is 7.91. The highest BCUT2D eigenvalue weighted by Crippen LogP contribution is 2.18. The summed E-state index contributed by atoms with van der Waals surface area (Å²) in [5.41, 5.74) is 2.98. The standard InChI is InChI=1S/C11H13NO/c1-8-5-10(9(2)6-12)3-4-11(8)7-13/h3-5,9,13H,7H2,1-2H3. The van der Waals surface area contributed by atoms with E-state index in [9.17, 15) is 0 Å². The number of aliphatic hydroxyl groups is 1. The van der Waals surface area contributed by atoms with Crippen LogP contribution in [0.4, 0.5) is 0 Å². The molecule has 68 valence electrons. The van der Waals surface area contributed by atoms with E-state index in [2.05, 4.69) is 6.07 Å². The van der Waals surface area contributed by atoms with Crippen LogP contribution in [0, 0.1) is 18.3 Å². The highest BCUT2D eigenvalue weighted by molar-refractivity contribution is 5.34. The minimum Gasteiger partial charge on any atom is -0.392 e. The molecule has 1 aromatic carbocycles. The fraction of sp³-hybridized carbons (Fsp3) is 0.364. The second-order valence-corrected chi connectivity index (χ2v) is 3.19. The monoisotopic (exact) mass is 175 g/mol. The second-order valence-electron chi connectivity index (χ2n) is 3.19. The van der Waals surface area contributed by atoms with Gasteiger partial charge in [-0.25, -0.2) is 0 Å². The molecule has 0 saturated carbocycles. The lowest BCUT2D eigenvalue weighted by Crippen LogP contribution is -1.94. The van der Waals surface area contributed by atoms with Crippen LogP contribution in [0.2, 0.25) is 0 Å². The van der Waals surface area contributed by atoms with Gasteiger partial charge in [0, 0.05) is 0 Å². The minimum atomic E-state index is -0.0774. The lowest BCUT2D eigenvalue weighted by molar-refractivity contribution is 0.281. The molecule has 13 heavy (non-hydrogen) atoms. The van der Waals surface area contributed by atoms with Gasteiger partial charge in [0.25, 0.3) is 0 Å². The normalized spacial score (nSPS) is 12.2. The summed E-state index contributed by atoms with van der Waals surface area (Å²) in [4.78, 5) is 0. The number of hydrogen-bond donors (Lipinski definition) is 1. The molecule has 0 aromatic heterocycles. The number of aliphatic hydroxyl groups excluding tert-OH is 1. The Bertz CT molecular complexity index is 338. The second kappa shape index (κ2) is 4.06. The van der Waals surface area contributed by atoms with Crippen LogP contribution in [-0.2, 0) is 6.61 Å². The molecule has 0 fully saturated rings. The van der Waals surface area contributed by atoms with Gasteiger partial charge in [-0.05, 0) is 30.5 Å². The Morgan fingerprint density at radius 1 is 1.54 bits per heavy atom. The summed E-state index contributed by atoms with van der Waals surface area (Å²) < 4.78 is 0. The largest absolute Gasteiger partial charge is 0.392 e. The van der Waals surface area contributed by atoms with Crippen molar-refractivity contribution in [2.24, 2.45) is 0 Å². The highest BCUT2D eigenvalue weighted by atomic mass is 16.3. The van der Waals surface area contributed by atoms with Crippen molar-refractivity contribution in [1.82, 2.24) is 0 Å². The Labute approximate surface area is 78.4 Å². The molecule has 2 nitrogen and oxygen atoms in total. The fourth-order valence-electron chi connectivity index (χ4n) is 1.24. The smallest absolute Gasteiger partial charge is 0.0700 e. The molecule has 0 aliphatic rings. The minimum absolute atomic E-state index is 0.0625. The van der Waals surface area contributed by atoms with Crippen molar-refractivity contribution in [3.8, 4) is 6.07 Å². The number of nitriles is 1. The van der Waals surface area contributed by atoms with Crippen molar-refractivity contribution in [3.05, 3.63) is 34.9 Å². The molecule has 1 unspecified atom stereocenters. The number of hydrogen-bond acceptors (Lipinski definition) is 2. The molecule has 2 heteroatoms. The zero-order valence-corrected chi connectivity index (χ0v) is 7.91. The molecule has 0 aliphatic heterocycles. The van der Waals surface area contributed by atoms with Gasteiger partial charge in [0.05, 0.1) is 18.6 Å². The van der Waals surface area contributed by atoms with Crippen molar-refractivity contribution in [2.45, 2.75) is 26.4 Å². The molecule has 1 rings (SSSR count). The third-order valence-electron chi connectivity index (χ3n) is 2.23. The van der Waals surface area contributed by atoms with Gasteiger partial charge >= 0.3 is 0 Å². The average Bonchev–Trinajstić information content (AvgIpc) is 2.16. The van der Waals surface area contributed by atoms with Crippen molar-refractivity contribution < 1.29 is 5.11 Å². The fourth-order valence-corrected chi connectivity index (χ4v) is 1.24. The van der Waals surface area contributed by atoms with Gasteiger partial charge < -0.3 is 5.11 Å². The van der Waals surface area contributed by atoms with Gasteiger partial charge in [-0.3, -0.25) is 0 Å². The molecule has 0 saturated heterocycles. The Balaban J connectivity index is 3.04. The van der Waals surface area contributed by atoms with Gasteiger partial charge in [-0.15, -0.1) is 0 Å². The molecular formula is C11H13NO. The maximum atomic E-state index is 8.94. The van der Waals surface area contributed by atoms with Gasteiger partial charge in [0.2, 0.25) is 0 Å². The molecule has 0 spiro atoms. The zero-order valence-electron chi connectivity index (χ0n) is 7.91. The first-order valence-electron chi connectivity index (χ1n) is 4.29. The predicted molar refractivity (Wildman–Crippen MR) is 51.1 cm³/mol. The van der Waals surface area contributed by atoms with E-state index in [-0.39, 0.29) is 12.5 Å². The van der Waals surface area contributed by atoms with Crippen molar-refractivity contribution >= 4 is 0 Å². The van der Waals surface area contributed by atoms with Crippen molar-refractivity contribution in [1.29, 1.82) is 5.26 Å². The molecular weight excluding hydrogens is 162 g/mol. The number of aryl methyl sites for hydroxylation is 1. The van der Waals surface area contributed by atoms with E-state index >= 15 is 0 Å². The third-order valence-corrected chi connectivity index (χ3v) is 2.23. The summed E-state index contributed by atoms with van der Waals surface area (Å²) in [6.07, 6.45) is 0. The van der Waals surface area contributed by atoms with Gasteiger partial charge in [0.15, 0.2) is 0 Å². The van der Waals surface area contributed by atoms with E-state index in [1.54, 1.807) is 0 Å². The summed E-state index contributed by atoms with van der Waals surface area (Å²) in [7, 11) is 0. The highest BCUT2D eigenvalue weighted by Gasteiger charge is 2.05. The molecule has 0 bridgehead atoms. The van der Waals surface area contributed by atoms with Crippen LogP contribution in [0.1, 0.15) is 29.5 Å². The molecule has 1 aromatic rings. The molecule has 0 radical (unpaired) electrons. The SMILES string of the molecule is Cc1cc(C(C)C#N)ccc1CO. The summed E-state index contributed by atoms with van der Waals surface area (Å²) in [5, 5.41) is 17.6. The van der Waals surface area contributed by atoms with Gasteiger partial charge in [-0.1, -0.05) is 18.2 Å². The molecule has 1 N–H and O–H groups in total. The van der Waals surface area contributed by atoms with Crippen LogP contribution in [0.5, 0.6) is 0 Å². The molecule has 0 heterocycles. The number of nitrogens with zero attached hydrogens (tertiary/aromatic N) is 1. The maximum absolute atomic E-state index is 8.94. The average molecular weight is 175 g/mol. The predicted octanol–water partition coefficient (Wildman–Crippen LogP) is 2.11. The van der Waals surface area contributed by atoms with Crippen LogP contribution >= 0.6 is 0 Å². The molecule has 0 aliphatic carbocycles. The quantitative estimate of drug-likeness (QED) is 0.748. The first-order valence-corrected chi connectivity index (χ1v) is 4.29. The third kappa shape index (κ3) is 2.07. The topological polar surface area (TPSA) is 44.0 Å². The first-order chi connectivity index (χ1) is 6.19. The van der Waals surface area contributed by atoms with E-state index in [0.29, 0.717) is 0 Å². The summed E-state index contributed by atoms with van der Waals surface area (Å²) in [6.45, 7) is 3.87. The van der Waals surface area contributed by atoms with Crippen LogP contribution in [0.25, 0.3) is 0 Å². The molecule has 1 atom stereocenters. The van der Waals surface area contributed by atoms with Gasteiger partial charge in [-0.2, -0.15) is 5.26 Å². The van der Waals surface area contributed by atoms with E-state index < -0.39 is 0 Å². The molecule has 0 amide bonds. The van der Waals surface area contributed by atoms with E-state index in [1.807, 2.05) is 32.0 Å². The van der Waals surface area contributed by atoms with E-state index in [0.717, 1.165) is 16.7 Å². The van der Waals surface area contributed by atoms with Gasteiger partial charge in [0.1, 0.15) is 0 Å². The lowest BCUT2D eigenvalue weighted by Gasteiger charge is -2.07.